The van der Waals surface area contributed by atoms with Crippen LogP contribution in [0, 0.1) is 13.8 Å². The average Bonchev–Trinajstić information content (AvgIpc) is 2.79. The van der Waals surface area contributed by atoms with Crippen LogP contribution in [0.2, 0.25) is 0 Å². The van der Waals surface area contributed by atoms with E-state index < -0.39 is 0 Å². The van der Waals surface area contributed by atoms with Crippen molar-refractivity contribution in [1.82, 2.24) is 20.0 Å². The molecule has 0 radical (unpaired) electrons. The van der Waals surface area contributed by atoms with Crippen molar-refractivity contribution >= 4 is 15.9 Å². The number of nitrogens with zero attached hydrogens (tertiary/aromatic N) is 4. The molecular formula is C13H18BrN5O. The van der Waals surface area contributed by atoms with Crippen LogP contribution in [0.5, 0.6) is 0 Å². The van der Waals surface area contributed by atoms with Crippen molar-refractivity contribution in [2.75, 3.05) is 13.7 Å². The smallest absolute Gasteiger partial charge is 0.0753 e. The first-order chi connectivity index (χ1) is 9.54. The van der Waals surface area contributed by atoms with Crippen LogP contribution in [0.15, 0.2) is 16.7 Å². The number of aryl methyl sites for hydroxylation is 2. The van der Waals surface area contributed by atoms with Crippen LogP contribution < -0.4 is 5.73 Å². The van der Waals surface area contributed by atoms with Crippen LogP contribution in [-0.2, 0) is 11.3 Å². The average molecular weight is 340 g/mol. The van der Waals surface area contributed by atoms with Gasteiger partial charge >= 0.3 is 0 Å². The van der Waals surface area contributed by atoms with Gasteiger partial charge in [-0.25, -0.2) is 0 Å². The third-order valence-electron chi connectivity index (χ3n) is 3.11. The van der Waals surface area contributed by atoms with Gasteiger partial charge in [0, 0.05) is 7.11 Å². The molecule has 0 aliphatic heterocycles. The summed E-state index contributed by atoms with van der Waals surface area (Å²) in [5.41, 5.74) is 9.95. The summed E-state index contributed by atoms with van der Waals surface area (Å²) in [6.07, 6.45) is 1.75. The van der Waals surface area contributed by atoms with Gasteiger partial charge in [0.25, 0.3) is 0 Å². The zero-order chi connectivity index (χ0) is 14.7. The van der Waals surface area contributed by atoms with Gasteiger partial charge in [0.1, 0.15) is 0 Å². The molecule has 0 aliphatic rings. The van der Waals surface area contributed by atoms with Crippen molar-refractivity contribution in [2.45, 2.75) is 26.4 Å². The maximum atomic E-state index is 6.40. The predicted molar refractivity (Wildman–Crippen MR) is 79.3 cm³/mol. The van der Waals surface area contributed by atoms with Crippen LogP contribution in [0.1, 0.15) is 28.7 Å². The second-order valence-corrected chi connectivity index (χ2v) is 5.45. The Morgan fingerprint density at radius 3 is 2.85 bits per heavy atom. The highest BCUT2D eigenvalue weighted by molar-refractivity contribution is 9.10. The standard InChI is InChI=1S/C13H18BrN5O/c1-8-6-10(9(2)18-17-8)12(15)13-11(14)7-16-19(13)4-5-20-3/h6-7,12H,4-5,15H2,1-3H3. The summed E-state index contributed by atoms with van der Waals surface area (Å²) in [6.45, 7) is 5.05. The SMILES string of the molecule is COCCn1ncc(Br)c1C(N)c1cc(C)nnc1C. The number of rotatable bonds is 5. The van der Waals surface area contributed by atoms with Crippen molar-refractivity contribution in [2.24, 2.45) is 5.73 Å². The van der Waals surface area contributed by atoms with Gasteiger partial charge in [0.2, 0.25) is 0 Å². The molecule has 6 nitrogen and oxygen atoms in total. The van der Waals surface area contributed by atoms with E-state index in [1.165, 1.54) is 0 Å². The Bertz CT molecular complexity index is 598. The maximum Gasteiger partial charge on any atom is 0.0753 e. The third kappa shape index (κ3) is 3.05. The zero-order valence-corrected chi connectivity index (χ0v) is 13.4. The predicted octanol–water partition coefficient (Wildman–Crippen LogP) is 1.75. The summed E-state index contributed by atoms with van der Waals surface area (Å²) in [5, 5.41) is 12.5. The van der Waals surface area contributed by atoms with Gasteiger partial charge in [0.15, 0.2) is 0 Å². The van der Waals surface area contributed by atoms with Crippen LogP contribution in [0.4, 0.5) is 0 Å². The lowest BCUT2D eigenvalue weighted by atomic mass is 10.0. The van der Waals surface area contributed by atoms with Gasteiger partial charge < -0.3 is 10.5 Å². The third-order valence-corrected chi connectivity index (χ3v) is 3.72. The summed E-state index contributed by atoms with van der Waals surface area (Å²) >= 11 is 3.51. The molecule has 2 aromatic heterocycles. The Kier molecular flexibility index (Phi) is 4.85. The van der Waals surface area contributed by atoms with Gasteiger partial charge in [-0.1, -0.05) is 0 Å². The summed E-state index contributed by atoms with van der Waals surface area (Å²) < 4.78 is 7.84. The van der Waals surface area contributed by atoms with Gasteiger partial charge in [-0.15, -0.1) is 0 Å². The minimum atomic E-state index is -0.307. The number of aromatic nitrogens is 4. The highest BCUT2D eigenvalue weighted by Gasteiger charge is 2.20. The molecule has 0 aromatic carbocycles. The Hall–Kier alpha value is -1.31. The van der Waals surface area contributed by atoms with E-state index in [-0.39, 0.29) is 6.04 Å². The van der Waals surface area contributed by atoms with Crippen molar-refractivity contribution in [3.8, 4) is 0 Å². The fourth-order valence-corrected chi connectivity index (χ4v) is 2.61. The minimum Gasteiger partial charge on any atom is -0.383 e. The number of methoxy groups -OCH3 is 1. The van der Waals surface area contributed by atoms with E-state index in [9.17, 15) is 0 Å². The van der Waals surface area contributed by atoms with Gasteiger partial charge in [-0.3, -0.25) is 4.68 Å². The zero-order valence-electron chi connectivity index (χ0n) is 11.8. The molecule has 0 amide bonds. The van der Waals surface area contributed by atoms with Crippen molar-refractivity contribution in [3.05, 3.63) is 39.4 Å². The first-order valence-electron chi connectivity index (χ1n) is 6.31. The summed E-state index contributed by atoms with van der Waals surface area (Å²) in [4.78, 5) is 0. The molecule has 1 atom stereocenters. The second-order valence-electron chi connectivity index (χ2n) is 4.60. The molecule has 0 saturated heterocycles. The fraction of sp³-hybridized carbons (Fsp3) is 0.462. The highest BCUT2D eigenvalue weighted by Crippen LogP contribution is 2.28. The summed E-state index contributed by atoms with van der Waals surface area (Å²) in [7, 11) is 1.67. The minimum absolute atomic E-state index is 0.307. The molecule has 0 bridgehead atoms. The van der Waals surface area contributed by atoms with E-state index in [2.05, 4.69) is 31.2 Å². The molecule has 108 valence electrons. The molecule has 20 heavy (non-hydrogen) atoms. The van der Waals surface area contributed by atoms with Crippen LogP contribution in [0.3, 0.4) is 0 Å². The molecule has 2 heterocycles. The fourth-order valence-electron chi connectivity index (χ4n) is 2.07. The van der Waals surface area contributed by atoms with Crippen molar-refractivity contribution < 1.29 is 4.74 Å². The Morgan fingerprint density at radius 1 is 1.40 bits per heavy atom. The van der Waals surface area contributed by atoms with Crippen molar-refractivity contribution in [1.29, 1.82) is 0 Å². The molecule has 7 heteroatoms. The van der Waals surface area contributed by atoms with Gasteiger partial charge in [0.05, 0.1) is 46.9 Å². The molecule has 0 fully saturated rings. The molecular weight excluding hydrogens is 322 g/mol. The number of halogens is 1. The Balaban J connectivity index is 2.39. The molecule has 2 N–H and O–H groups in total. The van der Waals surface area contributed by atoms with Gasteiger partial charge in [-0.2, -0.15) is 15.3 Å². The van der Waals surface area contributed by atoms with Crippen LogP contribution >= 0.6 is 15.9 Å². The maximum absolute atomic E-state index is 6.40. The van der Waals surface area contributed by atoms with E-state index in [0.29, 0.717) is 13.2 Å². The van der Waals surface area contributed by atoms with Gasteiger partial charge in [-0.05, 0) is 41.4 Å². The first kappa shape index (κ1) is 15.1. The Labute approximate surface area is 126 Å². The topological polar surface area (TPSA) is 78.9 Å². The van der Waals surface area contributed by atoms with Crippen LogP contribution in [-0.4, -0.2) is 33.7 Å². The lowest BCUT2D eigenvalue weighted by Crippen LogP contribution is -2.21. The number of nitrogens with two attached hydrogens (primary N) is 1. The lowest BCUT2D eigenvalue weighted by molar-refractivity contribution is 0.182. The molecule has 2 aromatic rings. The number of hydrogen-bond acceptors (Lipinski definition) is 5. The molecule has 0 spiro atoms. The molecule has 0 saturated carbocycles. The van der Waals surface area contributed by atoms with Crippen molar-refractivity contribution in [3.63, 3.8) is 0 Å². The number of hydrogen-bond donors (Lipinski definition) is 1. The van der Waals surface area contributed by atoms with E-state index in [4.69, 9.17) is 10.5 Å². The summed E-state index contributed by atoms with van der Waals surface area (Å²) in [5.74, 6) is 0. The quantitative estimate of drug-likeness (QED) is 0.897. The molecule has 1 unspecified atom stereocenters. The summed E-state index contributed by atoms with van der Waals surface area (Å²) in [6, 6.07) is 1.66. The van der Waals surface area contributed by atoms with E-state index in [1.54, 1.807) is 13.3 Å². The van der Waals surface area contributed by atoms with Crippen LogP contribution in [0.25, 0.3) is 0 Å². The molecule has 2 rings (SSSR count). The van der Waals surface area contributed by atoms with E-state index in [1.807, 2.05) is 24.6 Å². The highest BCUT2D eigenvalue weighted by atomic mass is 79.9. The largest absolute Gasteiger partial charge is 0.383 e. The lowest BCUT2D eigenvalue weighted by Gasteiger charge is -2.17. The monoisotopic (exact) mass is 339 g/mol. The molecule has 0 aliphatic carbocycles. The first-order valence-corrected chi connectivity index (χ1v) is 7.10. The second kappa shape index (κ2) is 6.43. The Morgan fingerprint density at radius 2 is 2.15 bits per heavy atom. The number of ether oxygens (including phenoxy) is 1. The van der Waals surface area contributed by atoms with E-state index >= 15 is 0 Å². The van der Waals surface area contributed by atoms with E-state index in [0.717, 1.165) is 27.1 Å². The normalized spacial score (nSPS) is 12.7.